The van der Waals surface area contributed by atoms with Crippen molar-refractivity contribution in [1.82, 2.24) is 9.97 Å². The first kappa shape index (κ1) is 16.1. The highest BCUT2D eigenvalue weighted by Gasteiger charge is 2.22. The number of thiophene rings is 1. The number of carbonyl (C=O) groups is 1. The Bertz CT molecular complexity index is 952. The molecule has 3 heterocycles. The zero-order chi connectivity index (χ0) is 17.4. The van der Waals surface area contributed by atoms with Crippen molar-refractivity contribution in [1.29, 1.82) is 0 Å². The van der Waals surface area contributed by atoms with Gasteiger partial charge >= 0.3 is 5.97 Å². The number of hydrogen-bond acceptors (Lipinski definition) is 7. The largest absolute Gasteiger partial charge is 0.618 e. The fraction of sp³-hybridized carbons (Fsp3) is 0.250. The van der Waals surface area contributed by atoms with Gasteiger partial charge in [-0.15, -0.1) is 11.3 Å². The van der Waals surface area contributed by atoms with E-state index in [1.807, 2.05) is 0 Å². The van der Waals surface area contributed by atoms with Gasteiger partial charge in [0.2, 0.25) is 12.1 Å². The number of hydrogen-bond donors (Lipinski definition) is 0. The number of rotatable bonds is 3. The Morgan fingerprint density at radius 2 is 2.00 bits per heavy atom. The number of aromatic nitrogens is 3. The number of pyridine rings is 1. The maximum atomic E-state index is 11.9. The van der Waals surface area contributed by atoms with Crippen molar-refractivity contribution >= 4 is 27.5 Å². The predicted molar refractivity (Wildman–Crippen MR) is 88.4 cm³/mol. The fourth-order valence-electron chi connectivity index (χ4n) is 2.27. The average Bonchev–Trinajstić information content (AvgIpc) is 2.87. The van der Waals surface area contributed by atoms with E-state index in [0.29, 0.717) is 43.8 Å². The second-order valence-electron chi connectivity index (χ2n) is 5.24. The Kier molecular flexibility index (Phi) is 4.06. The van der Waals surface area contributed by atoms with E-state index < -0.39 is 5.97 Å². The second-order valence-corrected chi connectivity index (χ2v) is 6.24. The van der Waals surface area contributed by atoms with Gasteiger partial charge in [-0.3, -0.25) is 0 Å². The molecule has 0 aromatic carbocycles. The minimum absolute atomic E-state index is 0.310. The topological polar surface area (TPSA) is 88.2 Å². The van der Waals surface area contributed by atoms with Crippen molar-refractivity contribution in [3.05, 3.63) is 45.5 Å². The van der Waals surface area contributed by atoms with Gasteiger partial charge in [-0.25, -0.2) is 9.78 Å². The first-order chi connectivity index (χ1) is 11.4. The Morgan fingerprint density at radius 3 is 2.67 bits per heavy atom. The van der Waals surface area contributed by atoms with Gasteiger partial charge in [0.25, 0.3) is 0 Å². The molecule has 0 atom stereocenters. The number of nitrogens with zero attached hydrogens (tertiary/aromatic N) is 3. The van der Waals surface area contributed by atoms with Crippen molar-refractivity contribution in [2.45, 2.75) is 20.8 Å². The molecule has 0 saturated carbocycles. The van der Waals surface area contributed by atoms with Gasteiger partial charge in [0.15, 0.2) is 11.4 Å². The molecule has 0 fully saturated rings. The summed E-state index contributed by atoms with van der Waals surface area (Å²) in [4.78, 5) is 21.7. The molecule has 0 N–H and O–H groups in total. The molecule has 3 aromatic heterocycles. The molecule has 7 nitrogen and oxygen atoms in total. The molecule has 3 rings (SSSR count). The third-order valence-corrected chi connectivity index (χ3v) is 4.70. The molecule has 0 aliphatic carbocycles. The molecule has 0 aliphatic rings. The van der Waals surface area contributed by atoms with Crippen LogP contribution in [0.5, 0.6) is 11.6 Å². The van der Waals surface area contributed by atoms with Crippen LogP contribution in [0, 0.1) is 26.0 Å². The predicted octanol–water partition coefficient (Wildman–Crippen LogP) is 2.83. The molecule has 3 aromatic rings. The van der Waals surface area contributed by atoms with Crippen LogP contribution in [0.15, 0.2) is 18.3 Å². The molecule has 0 bridgehead atoms. The van der Waals surface area contributed by atoms with Gasteiger partial charge in [-0.1, -0.05) is 0 Å². The van der Waals surface area contributed by atoms with Gasteiger partial charge in [-0.2, -0.15) is 9.71 Å². The molecule has 0 unspecified atom stereocenters. The highest BCUT2D eigenvalue weighted by molar-refractivity contribution is 7.20. The van der Waals surface area contributed by atoms with Crippen LogP contribution in [-0.2, 0) is 4.74 Å². The zero-order valence-corrected chi connectivity index (χ0v) is 14.4. The van der Waals surface area contributed by atoms with Crippen LogP contribution in [0.1, 0.15) is 26.8 Å². The van der Waals surface area contributed by atoms with E-state index in [1.165, 1.54) is 24.6 Å². The quantitative estimate of drug-likeness (QED) is 0.412. The van der Waals surface area contributed by atoms with E-state index in [1.54, 1.807) is 32.9 Å². The summed E-state index contributed by atoms with van der Waals surface area (Å²) >= 11 is 1.23. The first-order valence-electron chi connectivity index (χ1n) is 7.14. The number of ether oxygens (including phenoxy) is 2. The Morgan fingerprint density at radius 1 is 1.25 bits per heavy atom. The van der Waals surface area contributed by atoms with Crippen LogP contribution in [0.4, 0.5) is 0 Å². The molecule has 124 valence electrons. The minimum Gasteiger partial charge on any atom is -0.618 e. The number of methoxy groups -OCH3 is 1. The molecular weight excluding hydrogens is 330 g/mol. The van der Waals surface area contributed by atoms with Gasteiger partial charge < -0.3 is 14.7 Å². The minimum atomic E-state index is -0.424. The van der Waals surface area contributed by atoms with E-state index in [4.69, 9.17) is 9.47 Å². The number of aryl methyl sites for hydroxylation is 3. The zero-order valence-electron chi connectivity index (χ0n) is 13.6. The highest BCUT2D eigenvalue weighted by atomic mass is 32.1. The van der Waals surface area contributed by atoms with Crippen molar-refractivity contribution in [3.63, 3.8) is 0 Å². The van der Waals surface area contributed by atoms with Crippen LogP contribution in [0.25, 0.3) is 10.2 Å². The summed E-state index contributed by atoms with van der Waals surface area (Å²) in [6.07, 6.45) is 1.33. The van der Waals surface area contributed by atoms with Crippen LogP contribution >= 0.6 is 11.3 Å². The molecule has 0 saturated heterocycles. The smallest absolute Gasteiger partial charge is 0.348 e. The van der Waals surface area contributed by atoms with E-state index in [-0.39, 0.29) is 0 Å². The normalized spacial score (nSPS) is 10.8. The van der Waals surface area contributed by atoms with Gasteiger partial charge in [-0.05, 0) is 25.5 Å². The summed E-state index contributed by atoms with van der Waals surface area (Å²) in [7, 11) is 1.33. The summed E-state index contributed by atoms with van der Waals surface area (Å²) < 4.78 is 11.3. The molecule has 0 spiro atoms. The fourth-order valence-corrected chi connectivity index (χ4v) is 3.41. The van der Waals surface area contributed by atoms with Gasteiger partial charge in [0.1, 0.15) is 15.5 Å². The second kappa shape index (κ2) is 6.04. The lowest BCUT2D eigenvalue weighted by Gasteiger charge is -2.08. The maximum absolute atomic E-state index is 11.9. The highest BCUT2D eigenvalue weighted by Crippen LogP contribution is 2.36. The van der Waals surface area contributed by atoms with Crippen molar-refractivity contribution in [2.75, 3.05) is 7.11 Å². The lowest BCUT2D eigenvalue weighted by Crippen LogP contribution is -2.28. The maximum Gasteiger partial charge on any atom is 0.348 e. The van der Waals surface area contributed by atoms with E-state index >= 15 is 0 Å². The van der Waals surface area contributed by atoms with Crippen LogP contribution in [-0.4, -0.2) is 23.0 Å². The molecule has 8 heteroatoms. The lowest BCUT2D eigenvalue weighted by atomic mass is 10.2. The summed E-state index contributed by atoms with van der Waals surface area (Å²) in [6.45, 7) is 5.23. The number of fused-ring (bicyclic) bond motifs is 1. The SMILES string of the molecule is COC(=O)c1sc2nc(C)nc(Oc3ccc(C)[n+]([O-])c3)c2c1C. The Hall–Kier alpha value is -2.74. The van der Waals surface area contributed by atoms with Crippen molar-refractivity contribution < 1.29 is 19.0 Å². The van der Waals surface area contributed by atoms with Crippen LogP contribution < -0.4 is 9.47 Å². The van der Waals surface area contributed by atoms with E-state index in [0.717, 1.165) is 4.73 Å². The first-order valence-corrected chi connectivity index (χ1v) is 7.96. The van der Waals surface area contributed by atoms with Crippen molar-refractivity contribution in [3.8, 4) is 11.6 Å². The lowest BCUT2D eigenvalue weighted by molar-refractivity contribution is -0.612. The molecule has 0 radical (unpaired) electrons. The van der Waals surface area contributed by atoms with Gasteiger partial charge in [0, 0.05) is 13.0 Å². The Balaban J connectivity index is 2.14. The monoisotopic (exact) mass is 345 g/mol. The summed E-state index contributed by atoms with van der Waals surface area (Å²) in [5.41, 5.74) is 1.25. The standard InChI is InChI=1S/C16H15N3O4S/c1-8-5-6-11(7-19(8)21)23-14-12-9(2)13(16(20)22-4)24-15(12)18-10(3)17-14/h5-7H,1-4H3. The molecule has 24 heavy (non-hydrogen) atoms. The summed E-state index contributed by atoms with van der Waals surface area (Å²) in [6, 6.07) is 3.35. The molecule has 0 amide bonds. The average molecular weight is 345 g/mol. The number of esters is 1. The van der Waals surface area contributed by atoms with E-state index in [2.05, 4.69) is 9.97 Å². The third kappa shape index (κ3) is 2.76. The summed E-state index contributed by atoms with van der Waals surface area (Å²) in [5, 5.41) is 12.3. The molecule has 0 aliphatic heterocycles. The van der Waals surface area contributed by atoms with Crippen LogP contribution in [0.2, 0.25) is 0 Å². The third-order valence-electron chi connectivity index (χ3n) is 3.53. The van der Waals surface area contributed by atoms with E-state index in [9.17, 15) is 10.0 Å². The molecular formula is C16H15N3O4S. The Labute approximate surface area is 142 Å². The summed E-state index contributed by atoms with van der Waals surface area (Å²) in [5.74, 6) is 0.759. The number of carbonyl (C=O) groups excluding carboxylic acids is 1. The van der Waals surface area contributed by atoms with Gasteiger partial charge in [0.05, 0.1) is 12.5 Å². The van der Waals surface area contributed by atoms with Crippen molar-refractivity contribution in [2.24, 2.45) is 0 Å². The van der Waals surface area contributed by atoms with Crippen LogP contribution in [0.3, 0.4) is 0 Å².